The molecule has 33 heavy (non-hydrogen) atoms. The number of morpholine rings is 1. The quantitative estimate of drug-likeness (QED) is 0.428. The predicted molar refractivity (Wildman–Crippen MR) is 126 cm³/mol. The lowest BCUT2D eigenvalue weighted by atomic mass is 9.90. The van der Waals surface area contributed by atoms with Crippen LogP contribution in [0, 0.1) is 0 Å². The second-order valence-corrected chi connectivity index (χ2v) is 8.47. The van der Waals surface area contributed by atoms with E-state index in [0.29, 0.717) is 42.4 Å². The van der Waals surface area contributed by atoms with Gasteiger partial charge in [-0.3, -0.25) is 14.5 Å². The summed E-state index contributed by atoms with van der Waals surface area (Å²) in [5.41, 5.74) is 2.46. The van der Waals surface area contributed by atoms with Crippen LogP contribution in [-0.4, -0.2) is 58.9 Å². The van der Waals surface area contributed by atoms with Crippen molar-refractivity contribution < 1.29 is 14.3 Å². The SMILES string of the molecule is O=C1c2ccccc2C(=O)c2c1nc(-c1cccc3ccccc13)n2CCN1CCOCC1. The number of nitrogens with zero attached hydrogens (tertiary/aromatic N) is 3. The molecule has 4 aromatic rings. The molecule has 1 aliphatic carbocycles. The molecule has 0 amide bonds. The van der Waals surface area contributed by atoms with Crippen molar-refractivity contribution in [1.82, 2.24) is 14.5 Å². The summed E-state index contributed by atoms with van der Waals surface area (Å²) in [6, 6.07) is 21.2. The Kier molecular flexibility index (Phi) is 4.89. The van der Waals surface area contributed by atoms with E-state index >= 15 is 0 Å². The van der Waals surface area contributed by atoms with Gasteiger partial charge in [0.25, 0.3) is 0 Å². The number of carbonyl (C=O) groups excluding carboxylic acids is 2. The maximum Gasteiger partial charge on any atom is 0.214 e. The summed E-state index contributed by atoms with van der Waals surface area (Å²) in [4.78, 5) is 34.1. The highest BCUT2D eigenvalue weighted by atomic mass is 16.5. The molecule has 6 heteroatoms. The Hall–Kier alpha value is -3.61. The van der Waals surface area contributed by atoms with E-state index in [1.807, 2.05) is 28.8 Å². The molecule has 1 fully saturated rings. The van der Waals surface area contributed by atoms with Crippen LogP contribution in [0.5, 0.6) is 0 Å². The summed E-state index contributed by atoms with van der Waals surface area (Å²) >= 11 is 0. The van der Waals surface area contributed by atoms with E-state index < -0.39 is 0 Å². The van der Waals surface area contributed by atoms with Crippen LogP contribution in [-0.2, 0) is 11.3 Å². The van der Waals surface area contributed by atoms with E-state index in [9.17, 15) is 9.59 Å². The van der Waals surface area contributed by atoms with Gasteiger partial charge in [0.15, 0.2) is 0 Å². The number of carbonyl (C=O) groups is 2. The van der Waals surface area contributed by atoms with Gasteiger partial charge in [-0.15, -0.1) is 0 Å². The lowest BCUT2D eigenvalue weighted by Gasteiger charge is -2.27. The molecule has 3 aromatic carbocycles. The van der Waals surface area contributed by atoms with Gasteiger partial charge in [-0.1, -0.05) is 66.7 Å². The Bertz CT molecular complexity index is 1390. The normalized spacial score (nSPS) is 16.1. The molecule has 0 radical (unpaired) electrons. The fraction of sp³-hybridized carbons (Fsp3) is 0.222. The van der Waals surface area contributed by atoms with Crippen LogP contribution in [0.4, 0.5) is 0 Å². The fourth-order valence-corrected chi connectivity index (χ4v) is 4.89. The van der Waals surface area contributed by atoms with Crippen LogP contribution in [0.1, 0.15) is 32.1 Å². The number of hydrogen-bond acceptors (Lipinski definition) is 5. The van der Waals surface area contributed by atoms with E-state index in [1.54, 1.807) is 24.3 Å². The Morgan fingerprint density at radius 3 is 2.24 bits per heavy atom. The van der Waals surface area contributed by atoms with Crippen molar-refractivity contribution in [1.29, 1.82) is 0 Å². The molecule has 6 rings (SSSR count). The molecule has 0 saturated carbocycles. The highest BCUT2D eigenvalue weighted by Gasteiger charge is 2.36. The van der Waals surface area contributed by atoms with Gasteiger partial charge in [0, 0.05) is 42.9 Å². The molecule has 164 valence electrons. The first-order chi connectivity index (χ1) is 16.2. The van der Waals surface area contributed by atoms with E-state index in [0.717, 1.165) is 36.0 Å². The van der Waals surface area contributed by atoms with Crippen LogP contribution in [0.3, 0.4) is 0 Å². The highest BCUT2D eigenvalue weighted by Crippen LogP contribution is 2.34. The van der Waals surface area contributed by atoms with Crippen molar-refractivity contribution in [2.45, 2.75) is 6.54 Å². The van der Waals surface area contributed by atoms with Gasteiger partial charge in [0.2, 0.25) is 11.6 Å². The molecule has 0 N–H and O–H groups in total. The van der Waals surface area contributed by atoms with Crippen molar-refractivity contribution in [3.05, 3.63) is 89.2 Å². The molecule has 0 unspecified atom stereocenters. The minimum absolute atomic E-state index is 0.138. The minimum atomic E-state index is -0.188. The topological polar surface area (TPSA) is 64.4 Å². The van der Waals surface area contributed by atoms with Gasteiger partial charge >= 0.3 is 0 Å². The molecule has 1 aliphatic heterocycles. The molecule has 2 aliphatic rings. The van der Waals surface area contributed by atoms with Gasteiger partial charge in [-0.25, -0.2) is 4.98 Å². The van der Waals surface area contributed by atoms with Crippen LogP contribution in [0.25, 0.3) is 22.2 Å². The summed E-state index contributed by atoms with van der Waals surface area (Å²) in [5, 5.41) is 2.14. The van der Waals surface area contributed by atoms with Crippen molar-refractivity contribution in [3.8, 4) is 11.4 Å². The van der Waals surface area contributed by atoms with Crippen LogP contribution in [0.15, 0.2) is 66.7 Å². The van der Waals surface area contributed by atoms with Crippen molar-refractivity contribution in [2.24, 2.45) is 0 Å². The summed E-state index contributed by atoms with van der Waals surface area (Å²) < 4.78 is 7.44. The smallest absolute Gasteiger partial charge is 0.214 e. The second-order valence-electron chi connectivity index (χ2n) is 8.47. The Morgan fingerprint density at radius 2 is 1.42 bits per heavy atom. The third-order valence-electron chi connectivity index (χ3n) is 6.59. The lowest BCUT2D eigenvalue weighted by Crippen LogP contribution is -2.38. The summed E-state index contributed by atoms with van der Waals surface area (Å²) in [5.74, 6) is 0.340. The molecular formula is C27H23N3O3. The van der Waals surface area contributed by atoms with Gasteiger partial charge in [-0.05, 0) is 10.8 Å². The molecule has 6 nitrogen and oxygen atoms in total. The number of benzene rings is 3. The summed E-state index contributed by atoms with van der Waals surface area (Å²) in [6.45, 7) is 4.47. The monoisotopic (exact) mass is 437 g/mol. The number of ketones is 2. The Balaban J connectivity index is 1.53. The zero-order valence-corrected chi connectivity index (χ0v) is 18.2. The van der Waals surface area contributed by atoms with Gasteiger partial charge in [-0.2, -0.15) is 0 Å². The summed E-state index contributed by atoms with van der Waals surface area (Å²) in [6.07, 6.45) is 0. The van der Waals surface area contributed by atoms with Gasteiger partial charge in [0.05, 0.1) is 13.2 Å². The summed E-state index contributed by atoms with van der Waals surface area (Å²) in [7, 11) is 0. The van der Waals surface area contributed by atoms with Crippen molar-refractivity contribution in [3.63, 3.8) is 0 Å². The third kappa shape index (κ3) is 3.30. The van der Waals surface area contributed by atoms with Crippen LogP contribution >= 0.6 is 0 Å². The number of fused-ring (bicyclic) bond motifs is 3. The van der Waals surface area contributed by atoms with Crippen LogP contribution in [0.2, 0.25) is 0 Å². The van der Waals surface area contributed by atoms with Crippen molar-refractivity contribution >= 4 is 22.3 Å². The average molecular weight is 437 g/mol. The van der Waals surface area contributed by atoms with E-state index in [1.165, 1.54) is 0 Å². The molecule has 2 heterocycles. The zero-order valence-electron chi connectivity index (χ0n) is 18.2. The lowest BCUT2D eigenvalue weighted by molar-refractivity contribution is 0.0363. The molecule has 0 spiro atoms. The van der Waals surface area contributed by atoms with Crippen molar-refractivity contribution in [2.75, 3.05) is 32.8 Å². The largest absolute Gasteiger partial charge is 0.379 e. The first-order valence-corrected chi connectivity index (χ1v) is 11.3. The Labute approximate surface area is 191 Å². The second kappa shape index (κ2) is 8.06. The number of imidazole rings is 1. The average Bonchev–Trinajstić information content (AvgIpc) is 3.26. The zero-order chi connectivity index (χ0) is 22.4. The number of ether oxygens (including phenoxy) is 1. The fourth-order valence-electron chi connectivity index (χ4n) is 4.89. The van der Waals surface area contributed by atoms with Crippen LogP contribution < -0.4 is 0 Å². The third-order valence-corrected chi connectivity index (χ3v) is 6.59. The first kappa shape index (κ1) is 20.0. The highest BCUT2D eigenvalue weighted by molar-refractivity contribution is 6.27. The standard InChI is InChI=1S/C27H23N3O3/c31-25-20-9-3-4-10-21(20)26(32)24-23(25)28-27(30(24)13-12-29-14-16-33-17-15-29)22-11-5-7-18-6-1-2-8-19(18)22/h1-11H,12-17H2. The molecular weight excluding hydrogens is 414 g/mol. The first-order valence-electron chi connectivity index (χ1n) is 11.3. The van der Waals surface area contributed by atoms with Gasteiger partial charge < -0.3 is 9.30 Å². The minimum Gasteiger partial charge on any atom is -0.379 e. The number of aromatic nitrogens is 2. The van der Waals surface area contributed by atoms with E-state index in [2.05, 4.69) is 23.1 Å². The maximum absolute atomic E-state index is 13.6. The molecule has 1 saturated heterocycles. The number of hydrogen-bond donors (Lipinski definition) is 0. The maximum atomic E-state index is 13.6. The molecule has 1 aromatic heterocycles. The predicted octanol–water partition coefficient (Wildman–Crippen LogP) is 3.81. The van der Waals surface area contributed by atoms with Gasteiger partial charge in [0.1, 0.15) is 17.2 Å². The number of rotatable bonds is 4. The van der Waals surface area contributed by atoms with E-state index in [-0.39, 0.29) is 17.3 Å². The molecule has 0 atom stereocenters. The van der Waals surface area contributed by atoms with E-state index in [4.69, 9.17) is 9.72 Å². The Morgan fingerprint density at radius 1 is 0.758 bits per heavy atom. The molecule has 0 bridgehead atoms.